The minimum atomic E-state index is -0.526. The van der Waals surface area contributed by atoms with Crippen molar-refractivity contribution in [3.8, 4) is 0 Å². The zero-order chi connectivity index (χ0) is 9.68. The van der Waals surface area contributed by atoms with Gasteiger partial charge in [-0.1, -0.05) is 12.8 Å². The first-order valence-corrected chi connectivity index (χ1v) is 5.07. The van der Waals surface area contributed by atoms with Crippen molar-refractivity contribution in [2.75, 3.05) is 6.61 Å². The average Bonchev–Trinajstić information content (AvgIpc) is 2.55. The molecular weight excluding hydrogens is 168 g/mol. The van der Waals surface area contributed by atoms with E-state index in [1.54, 1.807) is 6.92 Å². The Morgan fingerprint density at radius 2 is 2.08 bits per heavy atom. The predicted octanol–water partition coefficient (Wildman–Crippen LogP) is 2.74. The van der Waals surface area contributed by atoms with Gasteiger partial charge in [0.15, 0.2) is 0 Å². The molecule has 0 N–H and O–H groups in total. The molecule has 0 amide bonds. The number of rotatable bonds is 3. The fraction of sp³-hybridized carbons (Fsp3) is 0.900. The smallest absolute Gasteiger partial charge is 0.435 e. The van der Waals surface area contributed by atoms with Crippen LogP contribution in [0.5, 0.6) is 0 Å². The molecule has 0 spiro atoms. The first-order chi connectivity index (χ1) is 6.24. The van der Waals surface area contributed by atoms with Gasteiger partial charge in [-0.05, 0) is 32.6 Å². The van der Waals surface area contributed by atoms with Crippen LogP contribution in [0.4, 0.5) is 4.79 Å². The molecule has 1 saturated carbocycles. The van der Waals surface area contributed by atoms with Crippen molar-refractivity contribution in [1.82, 2.24) is 0 Å². The van der Waals surface area contributed by atoms with Crippen LogP contribution in [0.1, 0.15) is 39.5 Å². The minimum absolute atomic E-state index is 0.0153. The van der Waals surface area contributed by atoms with Crippen molar-refractivity contribution in [2.24, 2.45) is 5.92 Å². The highest BCUT2D eigenvalue weighted by molar-refractivity contribution is 5.60. The largest absolute Gasteiger partial charge is 0.508 e. The molecule has 0 heterocycles. The summed E-state index contributed by atoms with van der Waals surface area (Å²) in [4.78, 5) is 11.0. The van der Waals surface area contributed by atoms with Gasteiger partial charge in [-0.25, -0.2) is 4.79 Å². The van der Waals surface area contributed by atoms with E-state index >= 15 is 0 Å². The highest BCUT2D eigenvalue weighted by Gasteiger charge is 2.24. The first-order valence-electron chi connectivity index (χ1n) is 5.07. The Morgan fingerprint density at radius 3 is 2.62 bits per heavy atom. The Bertz CT molecular complexity index is 162. The monoisotopic (exact) mass is 186 g/mol. The predicted molar refractivity (Wildman–Crippen MR) is 49.5 cm³/mol. The Balaban J connectivity index is 2.22. The van der Waals surface area contributed by atoms with Gasteiger partial charge in [-0.15, -0.1) is 0 Å². The van der Waals surface area contributed by atoms with Crippen LogP contribution >= 0.6 is 0 Å². The molecule has 0 aromatic heterocycles. The maximum absolute atomic E-state index is 11.0. The van der Waals surface area contributed by atoms with Crippen LogP contribution in [0.3, 0.4) is 0 Å². The highest BCUT2D eigenvalue weighted by atomic mass is 16.7. The standard InChI is InChI=1S/C10H18O3/c1-3-12-10(11)13-8(2)9-6-4-5-7-9/h8-9H,3-7H2,1-2H3. The van der Waals surface area contributed by atoms with Gasteiger partial charge in [0.1, 0.15) is 6.10 Å². The van der Waals surface area contributed by atoms with Crippen molar-refractivity contribution >= 4 is 6.16 Å². The van der Waals surface area contributed by atoms with Gasteiger partial charge in [-0.2, -0.15) is 0 Å². The fourth-order valence-corrected chi connectivity index (χ4v) is 1.83. The number of ether oxygens (including phenoxy) is 2. The van der Waals surface area contributed by atoms with Gasteiger partial charge in [0.2, 0.25) is 0 Å². The van der Waals surface area contributed by atoms with E-state index in [2.05, 4.69) is 0 Å². The van der Waals surface area contributed by atoms with Crippen LogP contribution in [0, 0.1) is 5.92 Å². The Morgan fingerprint density at radius 1 is 1.46 bits per heavy atom. The summed E-state index contributed by atoms with van der Waals surface area (Å²) in [5, 5.41) is 0. The summed E-state index contributed by atoms with van der Waals surface area (Å²) in [5.74, 6) is 0.546. The second-order valence-corrected chi connectivity index (χ2v) is 3.55. The molecule has 1 rings (SSSR count). The van der Waals surface area contributed by atoms with E-state index in [0.717, 1.165) is 0 Å². The SMILES string of the molecule is CCOC(=O)OC(C)C1CCCC1. The second kappa shape index (κ2) is 5.10. The molecule has 1 aliphatic rings. The van der Waals surface area contributed by atoms with Gasteiger partial charge in [0.25, 0.3) is 0 Å². The molecule has 0 bridgehead atoms. The quantitative estimate of drug-likeness (QED) is 0.636. The van der Waals surface area contributed by atoms with E-state index in [1.807, 2.05) is 6.92 Å². The van der Waals surface area contributed by atoms with Gasteiger partial charge in [-0.3, -0.25) is 0 Å². The second-order valence-electron chi connectivity index (χ2n) is 3.55. The summed E-state index contributed by atoms with van der Waals surface area (Å²) in [6, 6.07) is 0. The molecular formula is C10H18O3. The fourth-order valence-electron chi connectivity index (χ4n) is 1.83. The minimum Gasteiger partial charge on any atom is -0.435 e. The van der Waals surface area contributed by atoms with Crippen molar-refractivity contribution in [3.05, 3.63) is 0 Å². The van der Waals surface area contributed by atoms with Crippen molar-refractivity contribution in [1.29, 1.82) is 0 Å². The molecule has 1 atom stereocenters. The van der Waals surface area contributed by atoms with E-state index in [1.165, 1.54) is 25.7 Å². The lowest BCUT2D eigenvalue weighted by molar-refractivity contribution is 0.0128. The Kier molecular flexibility index (Phi) is 4.06. The maximum Gasteiger partial charge on any atom is 0.508 e. The summed E-state index contributed by atoms with van der Waals surface area (Å²) in [6.07, 6.45) is 4.38. The number of carbonyl (C=O) groups is 1. The average molecular weight is 186 g/mol. The van der Waals surface area contributed by atoms with E-state index in [4.69, 9.17) is 9.47 Å². The molecule has 0 radical (unpaired) electrons. The molecule has 1 aliphatic carbocycles. The molecule has 1 fully saturated rings. The van der Waals surface area contributed by atoms with Crippen LogP contribution in [0.2, 0.25) is 0 Å². The molecule has 76 valence electrons. The van der Waals surface area contributed by atoms with E-state index in [9.17, 15) is 4.79 Å². The van der Waals surface area contributed by atoms with Gasteiger partial charge in [0, 0.05) is 0 Å². The normalized spacial score (nSPS) is 19.8. The van der Waals surface area contributed by atoms with Gasteiger partial charge in [0.05, 0.1) is 6.61 Å². The van der Waals surface area contributed by atoms with Crippen LogP contribution < -0.4 is 0 Å². The zero-order valence-electron chi connectivity index (χ0n) is 8.41. The van der Waals surface area contributed by atoms with Crippen molar-refractivity contribution < 1.29 is 14.3 Å². The Hall–Kier alpha value is -0.730. The van der Waals surface area contributed by atoms with Crippen LogP contribution in [-0.2, 0) is 9.47 Å². The van der Waals surface area contributed by atoms with Crippen molar-refractivity contribution in [3.63, 3.8) is 0 Å². The third kappa shape index (κ3) is 3.25. The molecule has 0 aromatic rings. The maximum atomic E-state index is 11.0. The van der Waals surface area contributed by atoms with Crippen LogP contribution in [0.25, 0.3) is 0 Å². The van der Waals surface area contributed by atoms with Gasteiger partial charge < -0.3 is 9.47 Å². The molecule has 3 nitrogen and oxygen atoms in total. The zero-order valence-corrected chi connectivity index (χ0v) is 8.41. The summed E-state index contributed by atoms with van der Waals surface area (Å²) >= 11 is 0. The lowest BCUT2D eigenvalue weighted by atomic mass is 10.0. The molecule has 0 aromatic carbocycles. The summed E-state index contributed by atoms with van der Waals surface area (Å²) in [6.45, 7) is 4.12. The van der Waals surface area contributed by atoms with Gasteiger partial charge >= 0.3 is 6.16 Å². The molecule has 3 heteroatoms. The van der Waals surface area contributed by atoms with Crippen molar-refractivity contribution in [2.45, 2.75) is 45.6 Å². The third-order valence-corrected chi connectivity index (χ3v) is 2.61. The van der Waals surface area contributed by atoms with E-state index in [-0.39, 0.29) is 6.10 Å². The summed E-state index contributed by atoms with van der Waals surface area (Å²) in [7, 11) is 0. The third-order valence-electron chi connectivity index (χ3n) is 2.61. The van der Waals surface area contributed by atoms with Crippen LogP contribution in [-0.4, -0.2) is 18.9 Å². The number of hydrogen-bond acceptors (Lipinski definition) is 3. The lowest BCUT2D eigenvalue weighted by Gasteiger charge is -2.18. The summed E-state index contributed by atoms with van der Waals surface area (Å²) < 4.78 is 9.82. The molecule has 13 heavy (non-hydrogen) atoms. The number of carbonyl (C=O) groups excluding carboxylic acids is 1. The lowest BCUT2D eigenvalue weighted by Crippen LogP contribution is -2.22. The topological polar surface area (TPSA) is 35.5 Å². The number of hydrogen-bond donors (Lipinski definition) is 0. The first kappa shape index (κ1) is 10.4. The van der Waals surface area contributed by atoms with E-state index < -0.39 is 6.16 Å². The molecule has 1 unspecified atom stereocenters. The molecule has 0 aliphatic heterocycles. The molecule has 0 saturated heterocycles. The Labute approximate surface area is 79.4 Å². The van der Waals surface area contributed by atoms with E-state index in [0.29, 0.717) is 12.5 Å². The van der Waals surface area contributed by atoms with Crippen LogP contribution in [0.15, 0.2) is 0 Å². The summed E-state index contributed by atoms with van der Waals surface area (Å²) in [5.41, 5.74) is 0. The highest BCUT2D eigenvalue weighted by Crippen LogP contribution is 2.29.